The summed E-state index contributed by atoms with van der Waals surface area (Å²) in [7, 11) is 0. The molecule has 2 N–H and O–H groups in total. The Balaban J connectivity index is 2.65. The van der Waals surface area contributed by atoms with E-state index in [1.54, 1.807) is 6.07 Å². The maximum absolute atomic E-state index is 10.6. The number of hydrogen-bond acceptors (Lipinski definition) is 3. The lowest BCUT2D eigenvalue weighted by Gasteiger charge is -2.03. The number of aromatic carboxylic acids is 1. The van der Waals surface area contributed by atoms with Crippen LogP contribution in [-0.4, -0.2) is 22.6 Å². The van der Waals surface area contributed by atoms with E-state index in [2.05, 4.69) is 16.2 Å². The summed E-state index contributed by atoms with van der Waals surface area (Å²) in [6, 6.07) is 3.17. The second-order valence-corrected chi connectivity index (χ2v) is 2.62. The molecule has 72 valence electrons. The Kier molecular flexibility index (Phi) is 3.50. The van der Waals surface area contributed by atoms with E-state index in [0.717, 1.165) is 0 Å². The van der Waals surface area contributed by atoms with E-state index in [0.29, 0.717) is 18.7 Å². The minimum absolute atomic E-state index is 0.0238. The van der Waals surface area contributed by atoms with Gasteiger partial charge in [0, 0.05) is 24.8 Å². The molecule has 0 atom stereocenters. The molecule has 0 amide bonds. The van der Waals surface area contributed by atoms with Crippen molar-refractivity contribution in [2.45, 2.75) is 6.42 Å². The molecule has 0 bridgehead atoms. The van der Waals surface area contributed by atoms with Crippen molar-refractivity contribution in [1.82, 2.24) is 4.98 Å². The minimum Gasteiger partial charge on any atom is -0.477 e. The zero-order valence-electron chi connectivity index (χ0n) is 7.53. The predicted octanol–water partition coefficient (Wildman–Crippen LogP) is 1.22. The first kappa shape index (κ1) is 10.1. The van der Waals surface area contributed by atoms with E-state index in [1.807, 2.05) is 0 Å². The molecule has 1 heterocycles. The van der Waals surface area contributed by atoms with Gasteiger partial charge in [0.1, 0.15) is 5.69 Å². The third-order valence-corrected chi connectivity index (χ3v) is 1.58. The number of anilines is 1. The lowest BCUT2D eigenvalue weighted by atomic mass is 10.3. The number of nitrogens with zero attached hydrogens (tertiary/aromatic N) is 1. The molecule has 1 aromatic rings. The number of carboxylic acid groups (broad SMARTS) is 1. The fourth-order valence-electron chi connectivity index (χ4n) is 0.936. The van der Waals surface area contributed by atoms with Crippen LogP contribution in [0, 0.1) is 12.3 Å². The fraction of sp³-hybridized carbons (Fsp3) is 0.200. The normalized spacial score (nSPS) is 9.07. The molecule has 0 saturated carbocycles. The molecule has 14 heavy (non-hydrogen) atoms. The van der Waals surface area contributed by atoms with E-state index < -0.39 is 5.97 Å². The summed E-state index contributed by atoms with van der Waals surface area (Å²) in [5.74, 6) is 1.44. The van der Waals surface area contributed by atoms with Crippen LogP contribution in [0.4, 0.5) is 5.69 Å². The van der Waals surface area contributed by atoms with Crippen molar-refractivity contribution in [2.75, 3.05) is 11.9 Å². The van der Waals surface area contributed by atoms with Crippen LogP contribution >= 0.6 is 0 Å². The van der Waals surface area contributed by atoms with E-state index >= 15 is 0 Å². The van der Waals surface area contributed by atoms with Crippen LogP contribution in [0.3, 0.4) is 0 Å². The number of rotatable bonds is 4. The Labute approximate surface area is 82.0 Å². The standard InChI is InChI=1S/C10H10N2O2/c1-2-3-5-11-8-4-6-12-9(7-8)10(13)14/h1,4,6-7H,3,5H2,(H,11,12)(H,13,14). The van der Waals surface area contributed by atoms with E-state index in [4.69, 9.17) is 11.5 Å². The van der Waals surface area contributed by atoms with Crippen molar-refractivity contribution in [2.24, 2.45) is 0 Å². The molecule has 0 aliphatic rings. The Morgan fingerprint density at radius 2 is 2.50 bits per heavy atom. The zero-order chi connectivity index (χ0) is 10.4. The van der Waals surface area contributed by atoms with E-state index in [1.165, 1.54) is 12.3 Å². The van der Waals surface area contributed by atoms with Gasteiger partial charge in [0.2, 0.25) is 0 Å². The lowest BCUT2D eigenvalue weighted by molar-refractivity contribution is 0.0690. The summed E-state index contributed by atoms with van der Waals surface area (Å²) < 4.78 is 0. The average Bonchev–Trinajstić information content (AvgIpc) is 2.19. The molecule has 0 aromatic carbocycles. The maximum Gasteiger partial charge on any atom is 0.354 e. The average molecular weight is 190 g/mol. The zero-order valence-corrected chi connectivity index (χ0v) is 7.53. The van der Waals surface area contributed by atoms with Crippen molar-refractivity contribution in [1.29, 1.82) is 0 Å². The number of nitrogens with one attached hydrogen (secondary N) is 1. The van der Waals surface area contributed by atoms with Crippen LogP contribution in [0.15, 0.2) is 18.3 Å². The Morgan fingerprint density at radius 3 is 3.14 bits per heavy atom. The molecule has 0 saturated heterocycles. The third kappa shape index (κ3) is 2.79. The van der Waals surface area contributed by atoms with E-state index in [9.17, 15) is 4.79 Å². The van der Waals surface area contributed by atoms with Crippen molar-refractivity contribution < 1.29 is 9.90 Å². The Morgan fingerprint density at radius 1 is 1.71 bits per heavy atom. The monoisotopic (exact) mass is 190 g/mol. The number of hydrogen-bond donors (Lipinski definition) is 2. The first-order chi connectivity index (χ1) is 6.74. The summed E-state index contributed by atoms with van der Waals surface area (Å²) in [5, 5.41) is 11.7. The second-order valence-electron chi connectivity index (χ2n) is 2.62. The van der Waals surface area contributed by atoms with Crippen LogP contribution in [0.5, 0.6) is 0 Å². The summed E-state index contributed by atoms with van der Waals surface area (Å²) in [5.41, 5.74) is 0.739. The Bertz CT molecular complexity index is 369. The van der Waals surface area contributed by atoms with Crippen molar-refractivity contribution >= 4 is 11.7 Å². The maximum atomic E-state index is 10.6. The van der Waals surface area contributed by atoms with Gasteiger partial charge in [-0.15, -0.1) is 12.3 Å². The molecule has 4 heteroatoms. The topological polar surface area (TPSA) is 62.2 Å². The molecular weight excluding hydrogens is 180 g/mol. The second kappa shape index (κ2) is 4.87. The predicted molar refractivity (Wildman–Crippen MR) is 53.1 cm³/mol. The van der Waals surface area contributed by atoms with Gasteiger partial charge in [-0.3, -0.25) is 0 Å². The molecule has 0 spiro atoms. The highest BCUT2D eigenvalue weighted by atomic mass is 16.4. The smallest absolute Gasteiger partial charge is 0.354 e. The van der Waals surface area contributed by atoms with Crippen LogP contribution < -0.4 is 5.32 Å². The molecule has 0 unspecified atom stereocenters. The highest BCUT2D eigenvalue weighted by Crippen LogP contribution is 2.07. The highest BCUT2D eigenvalue weighted by Gasteiger charge is 2.03. The van der Waals surface area contributed by atoms with Crippen LogP contribution in [0.25, 0.3) is 0 Å². The van der Waals surface area contributed by atoms with Crippen molar-refractivity contribution in [3.8, 4) is 12.3 Å². The molecule has 0 fully saturated rings. The van der Waals surface area contributed by atoms with Crippen molar-refractivity contribution in [3.05, 3.63) is 24.0 Å². The Hall–Kier alpha value is -2.02. The third-order valence-electron chi connectivity index (χ3n) is 1.58. The highest BCUT2D eigenvalue weighted by molar-refractivity contribution is 5.86. The number of terminal acetylenes is 1. The quantitative estimate of drug-likeness (QED) is 0.553. The number of carbonyl (C=O) groups is 1. The van der Waals surface area contributed by atoms with Gasteiger partial charge >= 0.3 is 5.97 Å². The van der Waals surface area contributed by atoms with Gasteiger partial charge in [-0.1, -0.05) is 0 Å². The molecule has 0 radical (unpaired) electrons. The molecule has 1 aromatic heterocycles. The fourth-order valence-corrected chi connectivity index (χ4v) is 0.936. The summed E-state index contributed by atoms with van der Waals surface area (Å²) in [6.45, 7) is 0.625. The summed E-state index contributed by atoms with van der Waals surface area (Å²) in [6.07, 6.45) is 7.12. The van der Waals surface area contributed by atoms with E-state index in [-0.39, 0.29) is 5.69 Å². The van der Waals surface area contributed by atoms with Gasteiger partial charge in [0.15, 0.2) is 0 Å². The molecule has 0 aliphatic carbocycles. The number of aromatic nitrogens is 1. The lowest BCUT2D eigenvalue weighted by Crippen LogP contribution is -2.04. The largest absolute Gasteiger partial charge is 0.477 e. The molecule has 1 rings (SSSR count). The minimum atomic E-state index is -1.04. The summed E-state index contributed by atoms with van der Waals surface area (Å²) >= 11 is 0. The van der Waals surface area contributed by atoms with Gasteiger partial charge in [0.05, 0.1) is 0 Å². The first-order valence-corrected chi connectivity index (χ1v) is 4.10. The number of carboxylic acids is 1. The van der Waals surface area contributed by atoms with Crippen LogP contribution in [0.2, 0.25) is 0 Å². The first-order valence-electron chi connectivity index (χ1n) is 4.10. The molecule has 0 aliphatic heterocycles. The van der Waals surface area contributed by atoms with Gasteiger partial charge in [-0.2, -0.15) is 0 Å². The van der Waals surface area contributed by atoms with Gasteiger partial charge < -0.3 is 10.4 Å². The van der Waals surface area contributed by atoms with Gasteiger partial charge in [-0.25, -0.2) is 9.78 Å². The SMILES string of the molecule is C#CCCNc1ccnc(C(=O)O)c1. The molecular formula is C10H10N2O2. The summed E-state index contributed by atoms with van der Waals surface area (Å²) in [4.78, 5) is 14.2. The van der Waals surface area contributed by atoms with Crippen LogP contribution in [0.1, 0.15) is 16.9 Å². The van der Waals surface area contributed by atoms with Gasteiger partial charge in [0.25, 0.3) is 0 Å². The number of pyridine rings is 1. The van der Waals surface area contributed by atoms with Crippen molar-refractivity contribution in [3.63, 3.8) is 0 Å². The van der Waals surface area contributed by atoms with Gasteiger partial charge in [-0.05, 0) is 12.1 Å². The van der Waals surface area contributed by atoms with Crippen LogP contribution in [-0.2, 0) is 0 Å². The molecule has 4 nitrogen and oxygen atoms in total.